The minimum absolute atomic E-state index is 0.0528. The molecule has 2 aromatic heterocycles. The van der Waals surface area contributed by atoms with Gasteiger partial charge in [-0.3, -0.25) is 9.59 Å². The van der Waals surface area contributed by atoms with Crippen molar-refractivity contribution in [2.24, 2.45) is 0 Å². The van der Waals surface area contributed by atoms with E-state index in [4.69, 9.17) is 9.84 Å². The van der Waals surface area contributed by atoms with E-state index < -0.39 is 15.8 Å². The Morgan fingerprint density at radius 1 is 1.24 bits per heavy atom. The topological polar surface area (TPSA) is 130 Å². The van der Waals surface area contributed by atoms with Crippen LogP contribution in [0.2, 0.25) is 0 Å². The number of aromatic nitrogens is 2. The number of aromatic amines is 1. The molecule has 0 bridgehead atoms. The lowest BCUT2D eigenvalue weighted by Crippen LogP contribution is -2.22. The van der Waals surface area contributed by atoms with Gasteiger partial charge in [0.15, 0.2) is 9.84 Å². The van der Waals surface area contributed by atoms with Gasteiger partial charge >= 0.3 is 5.97 Å². The van der Waals surface area contributed by atoms with Gasteiger partial charge in [-0.1, -0.05) is 0 Å². The molecule has 0 aliphatic carbocycles. The second-order valence-electron chi connectivity index (χ2n) is 9.09. The summed E-state index contributed by atoms with van der Waals surface area (Å²) in [6, 6.07) is 11.9. The Bertz CT molecular complexity index is 1600. The summed E-state index contributed by atoms with van der Waals surface area (Å²) >= 11 is 1.44. The van der Waals surface area contributed by atoms with Crippen molar-refractivity contribution in [1.29, 1.82) is 0 Å². The molecule has 192 valence electrons. The number of thiazole rings is 1. The zero-order valence-corrected chi connectivity index (χ0v) is 21.9. The molecule has 9 nitrogen and oxygen atoms in total. The molecule has 0 radical (unpaired) electrons. The number of sulfone groups is 1. The average Bonchev–Trinajstić information content (AvgIpc) is 3.56. The second-order valence-corrected chi connectivity index (χ2v) is 12.2. The Balaban J connectivity index is 1.52. The predicted molar refractivity (Wildman–Crippen MR) is 140 cm³/mol. The van der Waals surface area contributed by atoms with Crippen molar-refractivity contribution in [3.05, 3.63) is 59.1 Å². The maximum atomic E-state index is 12.3. The summed E-state index contributed by atoms with van der Waals surface area (Å²) in [6.07, 6.45) is 4.45. The highest BCUT2D eigenvalue weighted by Gasteiger charge is 2.31. The molecule has 1 amide bonds. The number of carboxylic acids is 1. The van der Waals surface area contributed by atoms with Crippen molar-refractivity contribution in [2.45, 2.75) is 36.6 Å². The molecule has 4 aromatic rings. The van der Waals surface area contributed by atoms with Crippen molar-refractivity contribution >= 4 is 44.0 Å². The molecule has 37 heavy (non-hydrogen) atoms. The van der Waals surface area contributed by atoms with Gasteiger partial charge in [0.05, 0.1) is 23.1 Å². The van der Waals surface area contributed by atoms with Crippen LogP contribution in [-0.4, -0.2) is 53.6 Å². The van der Waals surface area contributed by atoms with Gasteiger partial charge < -0.3 is 19.7 Å². The molecule has 5 rings (SSSR count). The summed E-state index contributed by atoms with van der Waals surface area (Å²) < 4.78 is 29.9. The van der Waals surface area contributed by atoms with E-state index in [1.54, 1.807) is 30.3 Å². The van der Waals surface area contributed by atoms with Gasteiger partial charge in [-0.05, 0) is 55.3 Å². The van der Waals surface area contributed by atoms with Gasteiger partial charge in [0.2, 0.25) is 5.91 Å². The average molecular weight is 540 g/mol. The summed E-state index contributed by atoms with van der Waals surface area (Å²) in [5.41, 5.74) is 2.51. The Hall–Kier alpha value is -3.70. The number of likely N-dealkylation sites (tertiary alicyclic amines) is 1. The van der Waals surface area contributed by atoms with Gasteiger partial charge in [0.25, 0.3) is 0 Å². The van der Waals surface area contributed by atoms with E-state index in [1.165, 1.54) is 23.5 Å². The van der Waals surface area contributed by atoms with E-state index in [9.17, 15) is 18.0 Å². The lowest BCUT2D eigenvalue weighted by Gasteiger charge is -2.23. The summed E-state index contributed by atoms with van der Waals surface area (Å²) in [6.45, 7) is 0. The minimum Gasteiger partial charge on any atom is -0.481 e. The van der Waals surface area contributed by atoms with Crippen LogP contribution in [0.5, 0.6) is 11.5 Å². The van der Waals surface area contributed by atoms with Gasteiger partial charge in [-0.15, -0.1) is 11.3 Å². The number of hydrogen-bond donors (Lipinski definition) is 2. The van der Waals surface area contributed by atoms with Crippen molar-refractivity contribution < 1.29 is 27.9 Å². The lowest BCUT2D eigenvalue weighted by molar-refractivity contribution is -0.137. The highest BCUT2D eigenvalue weighted by Crippen LogP contribution is 2.41. The molecule has 1 atom stereocenters. The van der Waals surface area contributed by atoms with Crippen molar-refractivity contribution in [2.75, 3.05) is 13.3 Å². The largest absolute Gasteiger partial charge is 0.481 e. The number of carbonyl (C=O) groups excluding carboxylic acids is 1. The van der Waals surface area contributed by atoms with E-state index in [0.29, 0.717) is 30.8 Å². The number of rotatable bonds is 8. The van der Waals surface area contributed by atoms with E-state index in [2.05, 4.69) is 9.97 Å². The Kier molecular flexibility index (Phi) is 6.50. The zero-order chi connectivity index (χ0) is 26.3. The first kappa shape index (κ1) is 25.0. The predicted octanol–water partition coefficient (Wildman–Crippen LogP) is 4.80. The normalized spacial score (nSPS) is 16.0. The molecule has 0 saturated carbocycles. The molecule has 2 N–H and O–H groups in total. The first-order valence-electron chi connectivity index (χ1n) is 11.7. The molecule has 1 unspecified atom stereocenters. The number of nitrogens with zero attached hydrogens (tertiary/aromatic N) is 2. The number of aryl methyl sites for hydroxylation is 1. The van der Waals surface area contributed by atoms with Crippen molar-refractivity contribution in [1.82, 2.24) is 14.9 Å². The first-order valence-corrected chi connectivity index (χ1v) is 14.4. The Morgan fingerprint density at radius 2 is 2.00 bits per heavy atom. The maximum Gasteiger partial charge on any atom is 0.303 e. The Labute approximate surface area is 217 Å². The highest BCUT2D eigenvalue weighted by molar-refractivity contribution is 7.90. The van der Waals surface area contributed by atoms with Gasteiger partial charge in [-0.2, -0.15) is 0 Å². The van der Waals surface area contributed by atoms with Crippen LogP contribution in [-0.2, 0) is 25.8 Å². The summed E-state index contributed by atoms with van der Waals surface area (Å²) in [7, 11) is -1.54. The quantitative estimate of drug-likeness (QED) is 0.329. The fourth-order valence-corrected chi connectivity index (χ4v) is 5.98. The number of fused-ring (bicyclic) bond motifs is 1. The van der Waals surface area contributed by atoms with E-state index >= 15 is 0 Å². The smallest absolute Gasteiger partial charge is 0.303 e. The first-order chi connectivity index (χ1) is 17.6. The summed E-state index contributed by atoms with van der Waals surface area (Å²) in [5.74, 6) is 0.288. The van der Waals surface area contributed by atoms with Gasteiger partial charge in [0, 0.05) is 47.3 Å². The van der Waals surface area contributed by atoms with Crippen LogP contribution in [0.25, 0.3) is 21.6 Å². The molecule has 1 aliphatic rings. The van der Waals surface area contributed by atoms with Crippen LogP contribution in [0.4, 0.5) is 0 Å². The second kappa shape index (κ2) is 9.64. The van der Waals surface area contributed by atoms with Crippen molar-refractivity contribution in [3.63, 3.8) is 0 Å². The fourth-order valence-electron chi connectivity index (χ4n) is 4.47. The molecule has 2 aromatic carbocycles. The molecule has 11 heteroatoms. The molecule has 3 heterocycles. The number of carboxylic acid groups (broad SMARTS) is 1. The lowest BCUT2D eigenvalue weighted by atomic mass is 10.0. The van der Waals surface area contributed by atoms with E-state index in [-0.39, 0.29) is 23.3 Å². The minimum atomic E-state index is -3.32. The number of ether oxygens (including phenoxy) is 1. The van der Waals surface area contributed by atoms with Crippen LogP contribution in [0.3, 0.4) is 0 Å². The number of benzene rings is 2. The highest BCUT2D eigenvalue weighted by atomic mass is 32.2. The summed E-state index contributed by atoms with van der Waals surface area (Å²) in [5, 5.41) is 10.6. The van der Waals surface area contributed by atoms with Crippen LogP contribution < -0.4 is 4.74 Å². The molecular weight excluding hydrogens is 514 g/mol. The number of aliphatic carboxylic acids is 1. The molecule has 0 spiro atoms. The molecule has 1 aliphatic heterocycles. The van der Waals surface area contributed by atoms with Crippen LogP contribution in [0.1, 0.15) is 35.7 Å². The summed E-state index contributed by atoms with van der Waals surface area (Å²) in [4.78, 5) is 33.9. The van der Waals surface area contributed by atoms with Gasteiger partial charge in [-0.25, -0.2) is 13.4 Å². The zero-order valence-electron chi connectivity index (χ0n) is 20.2. The third kappa shape index (κ3) is 5.23. The van der Waals surface area contributed by atoms with Gasteiger partial charge in [0.1, 0.15) is 16.5 Å². The van der Waals surface area contributed by atoms with Crippen LogP contribution in [0.15, 0.2) is 53.6 Å². The number of H-pyrrole nitrogens is 1. The van der Waals surface area contributed by atoms with Crippen LogP contribution >= 0.6 is 11.3 Å². The van der Waals surface area contributed by atoms with E-state index in [0.717, 1.165) is 38.3 Å². The number of carbonyl (C=O) groups is 2. The van der Waals surface area contributed by atoms with Crippen LogP contribution in [0, 0.1) is 0 Å². The number of hydrogen-bond acceptors (Lipinski definition) is 7. The SMILES string of the molecule is CN1C(=O)CCC1c1cc2[nH]c(-c3ncc(CCC(=O)O)s3)cc2cc1Oc1ccc(S(C)(=O)=O)cc1. The maximum absolute atomic E-state index is 12.3. The number of amides is 1. The third-order valence-corrected chi connectivity index (χ3v) is 8.67. The number of nitrogens with one attached hydrogen (secondary N) is 1. The van der Waals surface area contributed by atoms with E-state index in [1.807, 2.05) is 18.2 Å². The molecule has 1 saturated heterocycles. The third-order valence-electron chi connectivity index (χ3n) is 6.45. The van der Waals surface area contributed by atoms with Crippen molar-refractivity contribution in [3.8, 4) is 22.2 Å². The monoisotopic (exact) mass is 539 g/mol. The Morgan fingerprint density at radius 3 is 2.65 bits per heavy atom. The standard InChI is InChI=1S/C26H25N3O6S2/c1-29-22(8-9-24(29)30)19-13-20-15(11-21(28-20)26-27-14-17(36-26)5-10-25(31)32)12-23(19)35-16-3-6-18(7-4-16)37(2,33)34/h3-4,6-7,11-14,22,28H,5,8-10H2,1-2H3,(H,31,32). The molecule has 1 fully saturated rings. The molecular formula is C26H25N3O6S2. The fraction of sp³-hybridized carbons (Fsp3) is 0.269.